The number of fused-ring (bicyclic) bond motifs is 1. The third-order valence-corrected chi connectivity index (χ3v) is 6.81. The van der Waals surface area contributed by atoms with Gasteiger partial charge in [0.15, 0.2) is 0 Å². The molecule has 0 spiro atoms. The van der Waals surface area contributed by atoms with Crippen molar-refractivity contribution in [1.82, 2.24) is 15.1 Å². The highest BCUT2D eigenvalue weighted by Crippen LogP contribution is 2.44. The Morgan fingerprint density at radius 1 is 1.20 bits per heavy atom. The lowest BCUT2D eigenvalue weighted by Gasteiger charge is -2.40. The largest absolute Gasteiger partial charge is 0.380 e. The summed E-state index contributed by atoms with van der Waals surface area (Å²) in [5.41, 5.74) is -1.99. The fraction of sp³-hybridized carbons (Fsp3) is 0.464. The highest BCUT2D eigenvalue weighted by Gasteiger charge is 2.60. The number of nitrogens with zero attached hydrogens (tertiary/aromatic N) is 2. The highest BCUT2D eigenvalue weighted by molar-refractivity contribution is 6.04. The van der Waals surface area contributed by atoms with Gasteiger partial charge >= 0.3 is 0 Å². The second-order valence-electron chi connectivity index (χ2n) is 9.27. The number of anilines is 1. The minimum Gasteiger partial charge on any atom is -0.380 e. The van der Waals surface area contributed by atoms with E-state index in [1.54, 1.807) is 6.07 Å². The van der Waals surface area contributed by atoms with Crippen molar-refractivity contribution in [1.29, 1.82) is 0 Å². The zero-order valence-corrected chi connectivity index (χ0v) is 22.9. The van der Waals surface area contributed by atoms with Crippen LogP contribution in [-0.4, -0.2) is 82.3 Å². The second-order valence-corrected chi connectivity index (χ2v) is 9.27. The SMILES string of the molecule is CC.CNC(=O)C(O)(CCC=O)N1C(=O)c2cccc(NCc3ccc(CN4CCOCC4)cc3F)c2C1(O)O. The van der Waals surface area contributed by atoms with Crippen molar-refractivity contribution in [2.45, 2.75) is 51.4 Å². The third kappa shape index (κ3) is 6.16. The predicted molar refractivity (Wildman–Crippen MR) is 144 cm³/mol. The molecule has 1 saturated heterocycles. The first-order valence-corrected chi connectivity index (χ1v) is 13.3. The summed E-state index contributed by atoms with van der Waals surface area (Å²) < 4.78 is 20.2. The number of carbonyl (C=O) groups is 3. The molecule has 1 unspecified atom stereocenters. The molecule has 1 atom stereocenters. The second kappa shape index (κ2) is 13.3. The van der Waals surface area contributed by atoms with Crippen molar-refractivity contribution in [3.8, 4) is 0 Å². The number of rotatable bonds is 10. The Labute approximate surface area is 232 Å². The molecule has 218 valence electrons. The number of hydrogen-bond donors (Lipinski definition) is 5. The number of aldehydes is 1. The summed E-state index contributed by atoms with van der Waals surface area (Å²) in [6.07, 6.45) is -0.457. The van der Waals surface area contributed by atoms with E-state index in [0.29, 0.717) is 31.6 Å². The molecule has 0 aliphatic carbocycles. The molecule has 2 aliphatic heterocycles. The molecule has 2 amide bonds. The van der Waals surface area contributed by atoms with E-state index in [-0.39, 0.29) is 34.7 Å². The Hall–Kier alpha value is -3.42. The standard InChI is InChI=1S/C26H31FN4O7.C2H6/c1-28-24(34)25(35,8-3-11-32)31-23(33)19-4-2-5-21(22(19)26(31,36)37)29-15-18-7-6-17(14-20(18)27)16-30-9-12-38-13-10-30;1-2/h2,4-7,11,14,29,35-37H,3,8-10,12-13,15-16H2,1H3,(H,28,34);1-2H3. The number of benzene rings is 2. The fourth-order valence-electron chi connectivity index (χ4n) is 4.87. The lowest BCUT2D eigenvalue weighted by atomic mass is 10.0. The van der Waals surface area contributed by atoms with Crippen LogP contribution in [-0.2, 0) is 33.3 Å². The molecule has 40 heavy (non-hydrogen) atoms. The topological polar surface area (TPSA) is 152 Å². The lowest BCUT2D eigenvalue weighted by Crippen LogP contribution is -2.64. The maximum absolute atomic E-state index is 14.9. The Balaban J connectivity index is 0.00000216. The fourth-order valence-corrected chi connectivity index (χ4v) is 4.87. The molecule has 2 heterocycles. The maximum Gasteiger partial charge on any atom is 0.283 e. The van der Waals surface area contributed by atoms with Gasteiger partial charge in [-0.05, 0) is 23.8 Å². The molecular formula is C28H37FN4O7. The molecule has 0 bridgehead atoms. The van der Waals surface area contributed by atoms with Gasteiger partial charge in [0.25, 0.3) is 17.7 Å². The molecule has 1 fully saturated rings. The van der Waals surface area contributed by atoms with Crippen molar-refractivity contribution in [3.63, 3.8) is 0 Å². The number of carbonyl (C=O) groups excluding carboxylic acids is 3. The van der Waals surface area contributed by atoms with Gasteiger partial charge in [-0.3, -0.25) is 14.5 Å². The van der Waals surface area contributed by atoms with Crippen molar-refractivity contribution in [2.75, 3.05) is 38.7 Å². The Morgan fingerprint density at radius 3 is 2.52 bits per heavy atom. The highest BCUT2D eigenvalue weighted by atomic mass is 19.1. The van der Waals surface area contributed by atoms with Gasteiger partial charge in [0.05, 0.1) is 24.3 Å². The molecule has 0 radical (unpaired) electrons. The summed E-state index contributed by atoms with van der Waals surface area (Å²) in [4.78, 5) is 39.1. The predicted octanol–water partition coefficient (Wildman–Crippen LogP) is 1.26. The molecule has 2 aromatic rings. The first-order valence-electron chi connectivity index (χ1n) is 13.3. The van der Waals surface area contributed by atoms with Crippen LogP contribution in [0, 0.1) is 5.82 Å². The number of hydrogen-bond acceptors (Lipinski definition) is 9. The first-order chi connectivity index (χ1) is 19.1. The van der Waals surface area contributed by atoms with Crippen molar-refractivity contribution < 1.29 is 38.8 Å². The van der Waals surface area contributed by atoms with Crippen LogP contribution < -0.4 is 10.6 Å². The van der Waals surface area contributed by atoms with Gasteiger partial charge in [-0.2, -0.15) is 0 Å². The van der Waals surface area contributed by atoms with Crippen LogP contribution in [0.2, 0.25) is 0 Å². The smallest absolute Gasteiger partial charge is 0.283 e. The quantitative estimate of drug-likeness (QED) is 0.214. The summed E-state index contributed by atoms with van der Waals surface area (Å²) >= 11 is 0. The zero-order chi connectivity index (χ0) is 29.5. The van der Waals surface area contributed by atoms with E-state index in [9.17, 15) is 34.1 Å². The average Bonchev–Trinajstić information content (AvgIpc) is 3.17. The number of likely N-dealkylation sites (N-methyl/N-ethyl adjacent to an activating group) is 1. The molecule has 2 aliphatic rings. The van der Waals surface area contributed by atoms with E-state index < -0.39 is 35.7 Å². The van der Waals surface area contributed by atoms with Crippen LogP contribution >= 0.6 is 0 Å². The van der Waals surface area contributed by atoms with E-state index in [1.165, 1.54) is 31.3 Å². The zero-order valence-electron chi connectivity index (χ0n) is 22.9. The number of ether oxygens (including phenoxy) is 1. The Morgan fingerprint density at radius 2 is 1.90 bits per heavy atom. The van der Waals surface area contributed by atoms with Crippen molar-refractivity contribution >= 4 is 23.8 Å². The van der Waals surface area contributed by atoms with Crippen LogP contribution in [0.5, 0.6) is 0 Å². The maximum atomic E-state index is 14.9. The van der Waals surface area contributed by atoms with Gasteiger partial charge < -0.3 is 35.5 Å². The van der Waals surface area contributed by atoms with Crippen LogP contribution in [0.15, 0.2) is 36.4 Å². The lowest BCUT2D eigenvalue weighted by molar-refractivity contribution is -0.301. The van der Waals surface area contributed by atoms with Gasteiger partial charge in [0, 0.05) is 57.3 Å². The van der Waals surface area contributed by atoms with Crippen LogP contribution in [0.25, 0.3) is 0 Å². The summed E-state index contributed by atoms with van der Waals surface area (Å²) in [5.74, 6) is -5.68. The number of amides is 2. The Bertz CT molecular complexity index is 1220. The van der Waals surface area contributed by atoms with Gasteiger partial charge in [-0.25, -0.2) is 9.29 Å². The number of aliphatic hydroxyl groups is 3. The molecule has 11 nitrogen and oxygen atoms in total. The molecule has 4 rings (SSSR count). The van der Waals surface area contributed by atoms with Crippen LogP contribution in [0.4, 0.5) is 10.1 Å². The Kier molecular flexibility index (Phi) is 10.3. The molecule has 12 heteroatoms. The van der Waals surface area contributed by atoms with Crippen LogP contribution in [0.3, 0.4) is 0 Å². The summed E-state index contributed by atoms with van der Waals surface area (Å²) in [6.45, 7) is 7.37. The van der Waals surface area contributed by atoms with Crippen molar-refractivity contribution in [3.05, 3.63) is 64.5 Å². The molecule has 2 aromatic carbocycles. The van der Waals surface area contributed by atoms with Crippen molar-refractivity contribution in [2.24, 2.45) is 0 Å². The van der Waals surface area contributed by atoms with Crippen LogP contribution in [0.1, 0.15) is 53.7 Å². The minimum atomic E-state index is -3.11. The molecular weight excluding hydrogens is 523 g/mol. The minimum absolute atomic E-state index is 0.0464. The summed E-state index contributed by atoms with van der Waals surface area (Å²) in [5, 5.41) is 38.4. The van der Waals surface area contributed by atoms with Gasteiger partial charge in [-0.1, -0.05) is 32.0 Å². The third-order valence-electron chi connectivity index (χ3n) is 6.81. The summed E-state index contributed by atoms with van der Waals surface area (Å²) in [6, 6.07) is 9.15. The monoisotopic (exact) mass is 560 g/mol. The molecule has 0 aromatic heterocycles. The normalized spacial score (nSPS) is 17.8. The van der Waals surface area contributed by atoms with E-state index >= 15 is 0 Å². The summed E-state index contributed by atoms with van der Waals surface area (Å²) in [7, 11) is 1.20. The number of halogens is 1. The van der Waals surface area contributed by atoms with Gasteiger partial charge in [0.1, 0.15) is 12.1 Å². The molecule has 0 saturated carbocycles. The average molecular weight is 561 g/mol. The van der Waals surface area contributed by atoms with E-state index in [1.807, 2.05) is 19.9 Å². The van der Waals surface area contributed by atoms with Gasteiger partial charge in [-0.15, -0.1) is 0 Å². The molecule has 5 N–H and O–H groups in total. The van der Waals surface area contributed by atoms with Gasteiger partial charge in [0.2, 0.25) is 5.72 Å². The first kappa shape index (κ1) is 31.1. The van der Waals surface area contributed by atoms with E-state index in [4.69, 9.17) is 4.74 Å². The number of morpholine rings is 1. The van der Waals surface area contributed by atoms with E-state index in [0.717, 1.165) is 18.7 Å². The van der Waals surface area contributed by atoms with E-state index in [2.05, 4.69) is 15.5 Å². The number of nitrogens with one attached hydrogen (secondary N) is 2.